The van der Waals surface area contributed by atoms with E-state index in [1.54, 1.807) is 0 Å². The molecule has 0 aliphatic carbocycles. The Bertz CT molecular complexity index is 411. The van der Waals surface area contributed by atoms with Gasteiger partial charge in [0.1, 0.15) is 1.41 Å². The van der Waals surface area contributed by atoms with E-state index in [0.717, 1.165) is 0 Å². The highest BCUT2D eigenvalue weighted by atomic mass is 127. The second-order valence-electron chi connectivity index (χ2n) is 3.79. The van der Waals surface area contributed by atoms with E-state index in [-0.39, 0.29) is 4.70 Å². The molecule has 1 unspecified atom stereocenters. The first kappa shape index (κ1) is 37.2. The summed E-state index contributed by atoms with van der Waals surface area (Å²) in [4.78, 5) is 0. The minimum Gasteiger partial charge on any atom is -0.377 e. The summed E-state index contributed by atoms with van der Waals surface area (Å²) in [7, 11) is 3.94. The van der Waals surface area contributed by atoms with Gasteiger partial charge in [0.05, 0.1) is 0 Å². The van der Waals surface area contributed by atoms with Gasteiger partial charge < -0.3 is 10.2 Å². The lowest BCUT2D eigenvalue weighted by molar-refractivity contribution is -0.447. The molecular weight excluding hydrogens is 622 g/mol. The smallest absolute Gasteiger partial charge is 0.377 e. The maximum Gasteiger partial charge on any atom is 0.435 e. The number of aliphatic hydroxyl groups excluding tert-OH is 1. The summed E-state index contributed by atoms with van der Waals surface area (Å²) in [6, 6.07) is 0. The number of rotatable bonds is 0. The Hall–Kier alpha value is -0.0851. The third kappa shape index (κ3) is 13.4. The summed E-state index contributed by atoms with van der Waals surface area (Å²) < 4.78 is 184. The standard InChI is InChI=1S/C4HF9O.C3H2F6O.BFHN.FH.H2IP/c5-2(6,7)1(14,3(8,9)10)4(11,12)13;4-2(5,6)1(10)3(7,8)9;1-3-2;;1-2/h14H;1,10H;3H;1H;2H2/i;;3T;;. The van der Waals surface area contributed by atoms with Crippen molar-refractivity contribution in [1.82, 2.24) is 5.44 Å². The normalized spacial score (nSPS) is 13.6. The van der Waals surface area contributed by atoms with E-state index in [1.807, 2.05) is 0 Å². The Balaban J connectivity index is -0.000000116. The van der Waals surface area contributed by atoms with E-state index >= 15 is 0 Å². The molecule has 0 amide bonds. The zero-order chi connectivity index (χ0) is 26.2. The number of hydrogen-bond acceptors (Lipinski definition) is 3. The SMILES string of the molecule is F.OC(C(F)(F)F)(C(F)(F)F)C(F)(F)F.OC(C(F)(F)F)C(F)(F)F.PI.[3H]N([B])F. The Morgan fingerprint density at radius 3 is 0.867 bits per heavy atom. The van der Waals surface area contributed by atoms with E-state index in [0.29, 0.717) is 0 Å². The zero-order valence-electron chi connectivity index (χ0n) is 13.9. The Morgan fingerprint density at radius 2 is 0.867 bits per heavy atom. The number of hydrogen-bond donors (Lipinski definition) is 3. The minimum atomic E-state index is -6.87. The van der Waals surface area contributed by atoms with E-state index in [2.05, 4.69) is 36.9 Å². The Kier molecular flexibility index (Phi) is 17.6. The molecule has 3 N–H and O–H groups in total. The number of nitrogens with one attached hydrogen (secondary N) is 1. The third-order valence-electron chi connectivity index (χ3n) is 1.85. The molecule has 30 heavy (non-hydrogen) atoms. The van der Waals surface area contributed by atoms with Crippen molar-refractivity contribution in [3.63, 3.8) is 0 Å². The summed E-state index contributed by atoms with van der Waals surface area (Å²) in [5, 5.41) is 15.1. The minimum absolute atomic E-state index is 0. The van der Waals surface area contributed by atoms with Crippen molar-refractivity contribution in [1.29, 1.82) is 0 Å². The molecule has 0 aliphatic rings. The number of aliphatic hydroxyl groups is 2. The fourth-order valence-corrected chi connectivity index (χ4v) is 0.668. The summed E-state index contributed by atoms with van der Waals surface area (Å²) in [6.07, 6.45) is -36.1. The highest BCUT2D eigenvalue weighted by Gasteiger charge is 2.83. The van der Waals surface area contributed by atoms with Gasteiger partial charge in [-0.05, 0) is 0 Å². The second-order valence-corrected chi connectivity index (χ2v) is 3.79. The maximum atomic E-state index is 11.4. The van der Waals surface area contributed by atoms with E-state index in [4.69, 9.17) is 11.6 Å². The lowest BCUT2D eigenvalue weighted by Gasteiger charge is -2.33. The fraction of sp³-hybridized carbons (Fsp3) is 1.00. The van der Waals surface area contributed by atoms with Gasteiger partial charge in [0.2, 0.25) is 14.1 Å². The summed E-state index contributed by atoms with van der Waals surface area (Å²) in [6.45, 7) is 2.39. The Labute approximate surface area is 172 Å². The number of alkyl halides is 15. The van der Waals surface area contributed by atoms with Gasteiger partial charge >= 0.3 is 36.5 Å². The molecule has 1 atom stereocenters. The van der Waals surface area contributed by atoms with Gasteiger partial charge in [0, 0.05) is 0 Å². The van der Waals surface area contributed by atoms with Crippen molar-refractivity contribution in [3.05, 3.63) is 0 Å². The first-order chi connectivity index (χ1) is 12.6. The predicted molar refractivity (Wildman–Crippen MR) is 77.5 cm³/mol. The van der Waals surface area contributed by atoms with Gasteiger partial charge in [0.15, 0.2) is 0 Å². The highest BCUT2D eigenvalue weighted by molar-refractivity contribution is 14.2. The molecule has 0 spiro atoms. The molecule has 23 heteroatoms. The third-order valence-corrected chi connectivity index (χ3v) is 1.85. The largest absolute Gasteiger partial charge is 0.435 e. The molecule has 2 radical (unpaired) electrons. The van der Waals surface area contributed by atoms with Gasteiger partial charge in [-0.15, -0.1) is 0 Å². The van der Waals surface area contributed by atoms with Crippen LogP contribution in [0.15, 0.2) is 0 Å². The van der Waals surface area contributed by atoms with Crippen LogP contribution in [0.1, 0.15) is 0 Å². The predicted octanol–water partition coefficient (Wildman–Crippen LogP) is 4.78. The summed E-state index contributed by atoms with van der Waals surface area (Å²) in [5.74, 6) is 0. The van der Waals surface area contributed by atoms with Crippen LogP contribution in [-0.2, 0) is 0 Å². The average Bonchev–Trinajstić information content (AvgIpc) is 2.42. The van der Waals surface area contributed by atoms with Crippen LogP contribution in [0.3, 0.4) is 0 Å². The van der Waals surface area contributed by atoms with Gasteiger partial charge in [-0.2, -0.15) is 70.3 Å². The number of halogens is 18. The van der Waals surface area contributed by atoms with Crippen molar-refractivity contribution in [3.8, 4) is 0 Å². The van der Waals surface area contributed by atoms with Crippen LogP contribution in [0.5, 0.6) is 0 Å². The van der Waals surface area contributed by atoms with Crippen molar-refractivity contribution in [2.45, 2.75) is 42.6 Å². The van der Waals surface area contributed by atoms with Crippen LogP contribution in [-0.4, -0.2) is 60.8 Å². The molecule has 0 saturated carbocycles. The van der Waals surface area contributed by atoms with Crippen molar-refractivity contribution >= 4 is 36.9 Å². The maximum absolute atomic E-state index is 11.4. The van der Waals surface area contributed by atoms with E-state index in [1.165, 1.54) is 0 Å². The topological polar surface area (TPSA) is 52.5 Å². The quantitative estimate of drug-likeness (QED) is 0.119. The molecule has 0 aromatic heterocycles. The molecule has 0 heterocycles. The summed E-state index contributed by atoms with van der Waals surface area (Å²) in [5.41, 5.74) is -7.44. The van der Waals surface area contributed by atoms with Gasteiger partial charge in [-0.3, -0.25) is 4.70 Å². The summed E-state index contributed by atoms with van der Waals surface area (Å²) >= 11 is 2.07. The molecule has 186 valence electrons. The van der Waals surface area contributed by atoms with Crippen molar-refractivity contribution in [2.75, 3.05) is 0 Å². The molecule has 0 fully saturated rings. The fourth-order valence-electron chi connectivity index (χ4n) is 0.668. The van der Waals surface area contributed by atoms with Crippen LogP contribution >= 0.6 is 28.9 Å². The van der Waals surface area contributed by atoms with Crippen LogP contribution in [0, 0.1) is 0 Å². The molecule has 0 aromatic rings. The van der Waals surface area contributed by atoms with Crippen LogP contribution in [0.4, 0.5) is 75.0 Å². The van der Waals surface area contributed by atoms with E-state index < -0.39 is 48.0 Å². The molecule has 3 nitrogen and oxygen atoms in total. The molecule has 0 aromatic carbocycles. The molecule has 0 rings (SSSR count). The van der Waals surface area contributed by atoms with Gasteiger partial charge in [0.25, 0.3) is 0 Å². The Morgan fingerprint density at radius 1 is 0.733 bits per heavy atom. The van der Waals surface area contributed by atoms with Crippen LogP contribution < -0.4 is 5.44 Å². The van der Waals surface area contributed by atoms with Crippen LogP contribution in [0.2, 0.25) is 1.41 Å². The van der Waals surface area contributed by atoms with Crippen LogP contribution in [0.25, 0.3) is 0 Å². The molecule has 0 bridgehead atoms. The van der Waals surface area contributed by atoms with Gasteiger partial charge in [-0.25, -0.2) is 5.44 Å². The molecule has 0 saturated heterocycles. The molecule has 0 aliphatic heterocycles. The monoisotopic (exact) mass is 631 g/mol. The van der Waals surface area contributed by atoms with Crippen molar-refractivity contribution < 1.29 is 86.7 Å². The lowest BCUT2D eigenvalue weighted by atomic mass is 10.0. The first-order valence-electron chi connectivity index (χ1n) is 5.74. The van der Waals surface area contributed by atoms with E-state index in [9.17, 15) is 70.3 Å². The second kappa shape index (κ2) is 14.1. The highest BCUT2D eigenvalue weighted by Crippen LogP contribution is 2.52. The average molecular weight is 631 g/mol. The lowest BCUT2D eigenvalue weighted by Crippen LogP contribution is -2.66. The molecular formula is C7H7BF17INO2P. The van der Waals surface area contributed by atoms with Gasteiger partial charge in [-0.1, -0.05) is 28.9 Å². The van der Waals surface area contributed by atoms with Crippen molar-refractivity contribution in [2.24, 2.45) is 0 Å². The first-order valence-corrected chi connectivity index (χ1v) is 9.46. The zero-order valence-corrected chi connectivity index (χ0v) is 16.2.